The predicted octanol–water partition coefficient (Wildman–Crippen LogP) is 3.36. The first-order valence-corrected chi connectivity index (χ1v) is 9.88. The van der Waals surface area contributed by atoms with Crippen molar-refractivity contribution in [2.24, 2.45) is 5.92 Å². The molecule has 1 aliphatic heterocycles. The number of hydrogen-bond donors (Lipinski definition) is 1. The van der Waals surface area contributed by atoms with Crippen molar-refractivity contribution in [3.05, 3.63) is 29.3 Å². The van der Waals surface area contributed by atoms with E-state index in [0.717, 1.165) is 0 Å². The molecule has 0 atom stereocenters. The minimum Gasteiger partial charge on any atom is -0.337 e. The van der Waals surface area contributed by atoms with Gasteiger partial charge in [-0.05, 0) is 30.9 Å². The zero-order chi connectivity index (χ0) is 19.7. The number of rotatable bonds is 5. The number of hydrogen-bond acceptors (Lipinski definition) is 6. The first kappa shape index (κ1) is 19.9. The number of aromatic nitrogens is 2. The third kappa shape index (κ3) is 4.53. The van der Waals surface area contributed by atoms with Crippen LogP contribution in [-0.4, -0.2) is 48.0 Å². The summed E-state index contributed by atoms with van der Waals surface area (Å²) >= 11 is 5.92. The normalized spacial score (nSPS) is 17.2. The van der Waals surface area contributed by atoms with Crippen molar-refractivity contribution in [2.75, 3.05) is 25.0 Å². The second-order valence-electron chi connectivity index (χ2n) is 6.11. The molecule has 2 heterocycles. The van der Waals surface area contributed by atoms with Crippen LogP contribution in [0.1, 0.15) is 12.8 Å². The van der Waals surface area contributed by atoms with Gasteiger partial charge < -0.3 is 9.84 Å². The van der Waals surface area contributed by atoms with Gasteiger partial charge in [-0.25, -0.2) is 8.42 Å². The molecule has 148 valence electrons. The number of alkyl halides is 3. The molecule has 0 unspecified atom stereocenters. The van der Waals surface area contributed by atoms with Gasteiger partial charge in [0.25, 0.3) is 0 Å². The average molecular weight is 425 g/mol. The molecule has 0 bridgehead atoms. The molecular formula is C15H16ClF3N4O3S. The smallest absolute Gasteiger partial charge is 0.337 e. The van der Waals surface area contributed by atoms with E-state index in [-0.39, 0.29) is 25.0 Å². The summed E-state index contributed by atoms with van der Waals surface area (Å²) in [5.41, 5.74) is -4.58. The standard InChI is InChI=1S/C15H16ClF3N4O3S/c16-12-3-1-2-11(8-12)13-21-14(26-22-13)20-9-10-4-6-23(7-5-10)27(24,25)15(17,18)19/h1-3,8,10H,4-7,9H2,(H,20,21,22). The van der Waals surface area contributed by atoms with Gasteiger partial charge in [0.1, 0.15) is 0 Å². The maximum atomic E-state index is 12.6. The Morgan fingerprint density at radius 3 is 2.63 bits per heavy atom. The van der Waals surface area contributed by atoms with Crippen molar-refractivity contribution in [3.63, 3.8) is 0 Å². The molecule has 27 heavy (non-hydrogen) atoms. The molecule has 0 spiro atoms. The number of anilines is 1. The predicted molar refractivity (Wildman–Crippen MR) is 92.5 cm³/mol. The van der Waals surface area contributed by atoms with Crippen molar-refractivity contribution < 1.29 is 26.1 Å². The molecule has 1 aliphatic rings. The molecule has 1 saturated heterocycles. The maximum Gasteiger partial charge on any atom is 0.511 e. The monoisotopic (exact) mass is 424 g/mol. The second kappa shape index (κ2) is 7.64. The lowest BCUT2D eigenvalue weighted by Crippen LogP contribution is -2.45. The first-order chi connectivity index (χ1) is 12.7. The van der Waals surface area contributed by atoms with E-state index in [9.17, 15) is 21.6 Å². The minimum atomic E-state index is -5.27. The minimum absolute atomic E-state index is 0.00814. The number of halogens is 4. The van der Waals surface area contributed by atoms with Crippen LogP contribution >= 0.6 is 11.6 Å². The van der Waals surface area contributed by atoms with Crippen LogP contribution in [0.25, 0.3) is 11.4 Å². The Kier molecular flexibility index (Phi) is 5.63. The summed E-state index contributed by atoms with van der Waals surface area (Å²) in [6, 6.07) is 7.11. The summed E-state index contributed by atoms with van der Waals surface area (Å²) < 4.78 is 66.1. The van der Waals surface area contributed by atoms with Crippen molar-refractivity contribution in [1.82, 2.24) is 14.4 Å². The molecule has 1 aromatic carbocycles. The highest BCUT2D eigenvalue weighted by atomic mass is 35.5. The van der Waals surface area contributed by atoms with Crippen LogP contribution in [0, 0.1) is 5.92 Å². The lowest BCUT2D eigenvalue weighted by molar-refractivity contribution is -0.0496. The van der Waals surface area contributed by atoms with Gasteiger partial charge in [-0.15, -0.1) is 0 Å². The van der Waals surface area contributed by atoms with Crippen LogP contribution in [0.15, 0.2) is 28.8 Å². The fourth-order valence-corrected chi connectivity index (χ4v) is 3.95. The zero-order valence-electron chi connectivity index (χ0n) is 13.9. The average Bonchev–Trinajstić information content (AvgIpc) is 3.08. The lowest BCUT2D eigenvalue weighted by Gasteiger charge is -2.31. The number of sulfonamides is 1. The van der Waals surface area contributed by atoms with Gasteiger partial charge in [0.2, 0.25) is 5.82 Å². The van der Waals surface area contributed by atoms with E-state index in [1.54, 1.807) is 24.3 Å². The van der Waals surface area contributed by atoms with E-state index >= 15 is 0 Å². The van der Waals surface area contributed by atoms with E-state index in [1.165, 1.54) is 0 Å². The number of nitrogens with one attached hydrogen (secondary N) is 1. The zero-order valence-corrected chi connectivity index (χ0v) is 15.5. The molecule has 1 aromatic heterocycles. The van der Waals surface area contributed by atoms with Gasteiger partial charge in [-0.3, -0.25) is 0 Å². The highest BCUT2D eigenvalue weighted by Crippen LogP contribution is 2.30. The molecule has 2 aromatic rings. The first-order valence-electron chi connectivity index (χ1n) is 8.07. The Morgan fingerprint density at radius 1 is 1.30 bits per heavy atom. The van der Waals surface area contributed by atoms with Gasteiger partial charge in [0.15, 0.2) is 0 Å². The Bertz CT molecular complexity index is 896. The second-order valence-corrected chi connectivity index (χ2v) is 8.47. The van der Waals surface area contributed by atoms with Gasteiger partial charge in [-0.2, -0.15) is 22.5 Å². The molecule has 12 heteroatoms. The van der Waals surface area contributed by atoms with Crippen molar-refractivity contribution in [1.29, 1.82) is 0 Å². The number of piperidine rings is 1. The Morgan fingerprint density at radius 2 is 2.00 bits per heavy atom. The van der Waals surface area contributed by atoms with Gasteiger partial charge in [0, 0.05) is 30.2 Å². The molecule has 1 N–H and O–H groups in total. The lowest BCUT2D eigenvalue weighted by atomic mass is 9.98. The fraction of sp³-hybridized carbons (Fsp3) is 0.467. The Balaban J connectivity index is 1.53. The van der Waals surface area contributed by atoms with Crippen LogP contribution in [0.4, 0.5) is 19.2 Å². The Hall–Kier alpha value is -1.85. The van der Waals surface area contributed by atoms with Gasteiger partial charge in [-0.1, -0.05) is 28.9 Å². The van der Waals surface area contributed by atoms with Crippen LogP contribution < -0.4 is 5.32 Å². The van der Waals surface area contributed by atoms with Gasteiger partial charge >= 0.3 is 21.5 Å². The highest BCUT2D eigenvalue weighted by molar-refractivity contribution is 7.90. The molecule has 0 saturated carbocycles. The summed E-state index contributed by atoms with van der Waals surface area (Å²) in [6.45, 7) is 0.0364. The topological polar surface area (TPSA) is 88.3 Å². The van der Waals surface area contributed by atoms with Crippen LogP contribution in [0.2, 0.25) is 5.02 Å². The third-order valence-electron chi connectivity index (χ3n) is 4.26. The van der Waals surface area contributed by atoms with Crippen molar-refractivity contribution in [2.45, 2.75) is 18.3 Å². The molecule has 0 aliphatic carbocycles. The largest absolute Gasteiger partial charge is 0.511 e. The maximum absolute atomic E-state index is 12.6. The molecule has 7 nitrogen and oxygen atoms in total. The summed E-state index contributed by atoms with van der Waals surface area (Å²) in [6.07, 6.45) is 0.606. The van der Waals surface area contributed by atoms with Crippen LogP contribution in [0.5, 0.6) is 0 Å². The summed E-state index contributed by atoms with van der Waals surface area (Å²) in [5.74, 6) is 0.345. The molecule has 0 amide bonds. The molecule has 1 fully saturated rings. The highest BCUT2D eigenvalue weighted by Gasteiger charge is 2.50. The van der Waals surface area contributed by atoms with E-state index in [0.29, 0.717) is 40.1 Å². The van der Waals surface area contributed by atoms with Crippen molar-refractivity contribution in [3.8, 4) is 11.4 Å². The number of nitrogens with zero attached hydrogens (tertiary/aromatic N) is 3. The van der Waals surface area contributed by atoms with E-state index in [2.05, 4.69) is 15.5 Å². The summed E-state index contributed by atoms with van der Waals surface area (Å²) in [4.78, 5) is 4.19. The third-order valence-corrected chi connectivity index (χ3v) is 6.12. The summed E-state index contributed by atoms with van der Waals surface area (Å²) in [7, 11) is -5.26. The van der Waals surface area contributed by atoms with Crippen molar-refractivity contribution >= 4 is 27.6 Å². The van der Waals surface area contributed by atoms with Crippen LogP contribution in [0.3, 0.4) is 0 Å². The molecule has 0 radical (unpaired) electrons. The fourth-order valence-electron chi connectivity index (χ4n) is 2.77. The van der Waals surface area contributed by atoms with E-state index < -0.39 is 15.5 Å². The van der Waals surface area contributed by atoms with Crippen LogP contribution in [-0.2, 0) is 10.0 Å². The SMILES string of the molecule is O=S(=O)(N1CCC(CNc2nc(-c3cccc(Cl)c3)no2)CC1)C(F)(F)F. The Labute approximate surface area is 158 Å². The summed E-state index contributed by atoms with van der Waals surface area (Å²) in [5, 5.41) is 7.32. The van der Waals surface area contributed by atoms with E-state index in [1.807, 2.05) is 0 Å². The number of benzene rings is 1. The van der Waals surface area contributed by atoms with Gasteiger partial charge in [0.05, 0.1) is 0 Å². The molecule has 3 rings (SSSR count). The van der Waals surface area contributed by atoms with E-state index in [4.69, 9.17) is 16.1 Å². The molecular weight excluding hydrogens is 409 g/mol. The quantitative estimate of drug-likeness (QED) is 0.791.